The first kappa shape index (κ1) is 15.7. The third-order valence-electron chi connectivity index (χ3n) is 4.51. The zero-order chi connectivity index (χ0) is 14.4. The van der Waals surface area contributed by atoms with E-state index >= 15 is 0 Å². The van der Waals surface area contributed by atoms with Crippen LogP contribution in [0.3, 0.4) is 0 Å². The van der Waals surface area contributed by atoms with E-state index in [0.29, 0.717) is 6.54 Å². The third-order valence-corrected chi connectivity index (χ3v) is 4.51. The fraction of sp³-hybridized carbons (Fsp3) is 0.933. The predicted octanol–water partition coefficient (Wildman–Crippen LogP) is 1.33. The lowest BCUT2D eigenvalue weighted by Crippen LogP contribution is -2.48. The highest BCUT2D eigenvalue weighted by molar-refractivity contribution is 5.66. The largest absolute Gasteiger partial charge is 0.481 e. The highest BCUT2D eigenvalue weighted by Crippen LogP contribution is 2.32. The number of ether oxygens (including phenoxy) is 1. The molecule has 0 unspecified atom stereocenters. The average Bonchev–Trinajstić information content (AvgIpc) is 3.26. The van der Waals surface area contributed by atoms with Gasteiger partial charge in [0.15, 0.2) is 0 Å². The lowest BCUT2D eigenvalue weighted by Gasteiger charge is -2.42. The molecule has 116 valence electrons. The zero-order valence-corrected chi connectivity index (χ0v) is 12.6. The average molecular weight is 284 g/mol. The minimum Gasteiger partial charge on any atom is -0.481 e. The first-order valence-corrected chi connectivity index (χ1v) is 7.89. The predicted molar refractivity (Wildman–Crippen MR) is 77.9 cm³/mol. The molecule has 0 radical (unpaired) electrons. The summed E-state index contributed by atoms with van der Waals surface area (Å²) in [6.45, 7) is 7.36. The lowest BCUT2D eigenvalue weighted by atomic mass is 9.78. The first-order chi connectivity index (χ1) is 9.63. The van der Waals surface area contributed by atoms with Crippen molar-refractivity contribution in [3.05, 3.63) is 0 Å². The first-order valence-electron chi connectivity index (χ1n) is 7.89. The molecule has 0 atom stereocenters. The van der Waals surface area contributed by atoms with Gasteiger partial charge < -0.3 is 20.1 Å². The van der Waals surface area contributed by atoms with Crippen LogP contribution in [0.1, 0.15) is 39.0 Å². The molecule has 0 amide bonds. The molecule has 2 aliphatic rings. The van der Waals surface area contributed by atoms with Crippen molar-refractivity contribution in [1.82, 2.24) is 10.2 Å². The molecule has 0 spiro atoms. The molecule has 1 saturated carbocycles. The van der Waals surface area contributed by atoms with Crippen molar-refractivity contribution in [2.45, 2.75) is 45.1 Å². The molecule has 0 bridgehead atoms. The summed E-state index contributed by atoms with van der Waals surface area (Å²) in [5.41, 5.74) is 0.248. The topological polar surface area (TPSA) is 61.8 Å². The Balaban J connectivity index is 1.78. The second-order valence-corrected chi connectivity index (χ2v) is 6.28. The fourth-order valence-electron chi connectivity index (χ4n) is 2.84. The standard InChI is InChI=1S/C15H28N2O3/c1-2-20-12-15(11-16-13-3-4-13)6-9-17(10-7-15)8-5-14(18)19/h13,16H,2-12H2,1H3,(H,18,19). The van der Waals surface area contributed by atoms with Crippen molar-refractivity contribution in [2.75, 3.05) is 39.4 Å². The molecule has 2 rings (SSSR count). The van der Waals surface area contributed by atoms with Gasteiger partial charge in [0.25, 0.3) is 0 Å². The van der Waals surface area contributed by atoms with Crippen LogP contribution in [0, 0.1) is 5.41 Å². The number of likely N-dealkylation sites (tertiary alicyclic amines) is 1. The number of rotatable bonds is 9. The minimum atomic E-state index is -0.702. The van der Waals surface area contributed by atoms with Crippen LogP contribution < -0.4 is 5.32 Å². The Morgan fingerprint density at radius 2 is 2.10 bits per heavy atom. The smallest absolute Gasteiger partial charge is 0.304 e. The Hall–Kier alpha value is -0.650. The quantitative estimate of drug-likeness (QED) is 0.669. The second-order valence-electron chi connectivity index (χ2n) is 6.28. The molecule has 1 aliphatic carbocycles. The monoisotopic (exact) mass is 284 g/mol. The van der Waals surface area contributed by atoms with Crippen LogP contribution in [0.5, 0.6) is 0 Å². The molecule has 1 saturated heterocycles. The summed E-state index contributed by atoms with van der Waals surface area (Å²) >= 11 is 0. The third kappa shape index (κ3) is 5.04. The molecule has 1 aliphatic heterocycles. The van der Waals surface area contributed by atoms with Crippen molar-refractivity contribution < 1.29 is 14.6 Å². The van der Waals surface area contributed by atoms with Crippen LogP contribution >= 0.6 is 0 Å². The number of piperidine rings is 1. The summed E-state index contributed by atoms with van der Waals surface area (Å²) < 4.78 is 5.71. The molecule has 0 aromatic rings. The molecule has 1 heterocycles. The molecule has 5 nitrogen and oxygen atoms in total. The van der Waals surface area contributed by atoms with Crippen LogP contribution in [0.2, 0.25) is 0 Å². The maximum Gasteiger partial charge on any atom is 0.304 e. The van der Waals surface area contributed by atoms with Crippen molar-refractivity contribution in [2.24, 2.45) is 5.41 Å². The van der Waals surface area contributed by atoms with Crippen LogP contribution in [0.4, 0.5) is 0 Å². The molecular formula is C15H28N2O3. The van der Waals surface area contributed by atoms with E-state index in [1.165, 1.54) is 12.8 Å². The lowest BCUT2D eigenvalue weighted by molar-refractivity contribution is -0.137. The zero-order valence-electron chi connectivity index (χ0n) is 12.6. The number of hydrogen-bond donors (Lipinski definition) is 2. The van der Waals surface area contributed by atoms with Gasteiger partial charge in [-0.2, -0.15) is 0 Å². The van der Waals surface area contributed by atoms with Gasteiger partial charge in [0, 0.05) is 31.2 Å². The second kappa shape index (κ2) is 7.38. The summed E-state index contributed by atoms with van der Waals surface area (Å²) in [6.07, 6.45) is 5.09. The maximum absolute atomic E-state index is 10.6. The van der Waals surface area contributed by atoms with E-state index in [2.05, 4.69) is 10.2 Å². The number of carboxylic acids is 1. The summed E-state index contributed by atoms with van der Waals surface area (Å²) in [4.78, 5) is 12.9. The van der Waals surface area contributed by atoms with Gasteiger partial charge in [-0.3, -0.25) is 4.79 Å². The Morgan fingerprint density at radius 3 is 2.65 bits per heavy atom. The Labute approximate surface area is 121 Å². The number of carboxylic acid groups (broad SMARTS) is 1. The van der Waals surface area contributed by atoms with Crippen LogP contribution in [0.15, 0.2) is 0 Å². The molecule has 0 aromatic carbocycles. The summed E-state index contributed by atoms with van der Waals surface area (Å²) in [6, 6.07) is 0.735. The van der Waals surface area contributed by atoms with Gasteiger partial charge in [-0.1, -0.05) is 0 Å². The van der Waals surface area contributed by atoms with E-state index in [0.717, 1.165) is 51.7 Å². The summed E-state index contributed by atoms with van der Waals surface area (Å²) in [5.74, 6) is -0.702. The van der Waals surface area contributed by atoms with Crippen LogP contribution in [0.25, 0.3) is 0 Å². The van der Waals surface area contributed by atoms with Crippen molar-refractivity contribution in [3.63, 3.8) is 0 Å². The summed E-state index contributed by atoms with van der Waals surface area (Å²) in [7, 11) is 0. The van der Waals surface area contributed by atoms with E-state index in [9.17, 15) is 4.79 Å². The Bertz CT molecular complexity index is 310. The minimum absolute atomic E-state index is 0.248. The molecular weight excluding hydrogens is 256 g/mol. The molecule has 5 heteroatoms. The normalized spacial score (nSPS) is 22.9. The van der Waals surface area contributed by atoms with Gasteiger partial charge in [0.2, 0.25) is 0 Å². The van der Waals surface area contributed by atoms with Crippen molar-refractivity contribution in [1.29, 1.82) is 0 Å². The number of hydrogen-bond acceptors (Lipinski definition) is 4. The van der Waals surface area contributed by atoms with E-state index in [4.69, 9.17) is 9.84 Å². The van der Waals surface area contributed by atoms with Gasteiger partial charge in [-0.15, -0.1) is 0 Å². The molecule has 2 fully saturated rings. The van der Waals surface area contributed by atoms with E-state index < -0.39 is 5.97 Å². The van der Waals surface area contributed by atoms with E-state index in [-0.39, 0.29) is 11.8 Å². The number of nitrogens with zero attached hydrogens (tertiary/aromatic N) is 1. The highest BCUT2D eigenvalue weighted by atomic mass is 16.5. The van der Waals surface area contributed by atoms with Crippen molar-refractivity contribution in [3.8, 4) is 0 Å². The molecule has 20 heavy (non-hydrogen) atoms. The Kier molecular flexibility index (Phi) is 5.81. The number of carbonyl (C=O) groups is 1. The number of aliphatic carboxylic acids is 1. The van der Waals surface area contributed by atoms with Crippen LogP contribution in [-0.2, 0) is 9.53 Å². The SMILES string of the molecule is CCOCC1(CNC2CC2)CCN(CCC(=O)O)CC1. The maximum atomic E-state index is 10.6. The van der Waals surface area contributed by atoms with Gasteiger partial charge in [-0.05, 0) is 45.7 Å². The van der Waals surface area contributed by atoms with E-state index in [1.54, 1.807) is 0 Å². The highest BCUT2D eigenvalue weighted by Gasteiger charge is 2.36. The molecule has 2 N–H and O–H groups in total. The van der Waals surface area contributed by atoms with Gasteiger partial charge in [0.1, 0.15) is 0 Å². The van der Waals surface area contributed by atoms with Gasteiger partial charge in [-0.25, -0.2) is 0 Å². The van der Waals surface area contributed by atoms with Crippen LogP contribution in [-0.4, -0.2) is 61.4 Å². The fourth-order valence-corrected chi connectivity index (χ4v) is 2.84. The van der Waals surface area contributed by atoms with E-state index in [1.807, 2.05) is 6.92 Å². The molecule has 0 aromatic heterocycles. The number of nitrogens with one attached hydrogen (secondary N) is 1. The van der Waals surface area contributed by atoms with Gasteiger partial charge >= 0.3 is 5.97 Å². The van der Waals surface area contributed by atoms with Crippen molar-refractivity contribution >= 4 is 5.97 Å². The van der Waals surface area contributed by atoms with Gasteiger partial charge in [0.05, 0.1) is 13.0 Å². The Morgan fingerprint density at radius 1 is 1.40 bits per heavy atom. The summed E-state index contributed by atoms with van der Waals surface area (Å²) in [5, 5.41) is 12.4.